The molecule has 0 saturated carbocycles. The second-order valence-electron chi connectivity index (χ2n) is 6.89. The number of nitrogens with zero attached hydrogens (tertiary/aromatic N) is 1. The Bertz CT molecular complexity index is 883. The topological polar surface area (TPSA) is 36.5 Å². The van der Waals surface area contributed by atoms with Gasteiger partial charge in [0.1, 0.15) is 0 Å². The lowest BCUT2D eigenvalue weighted by Gasteiger charge is -2.17. The van der Waals surface area contributed by atoms with Crippen molar-refractivity contribution < 1.29 is 22.9 Å². The summed E-state index contributed by atoms with van der Waals surface area (Å²) in [6, 6.07) is 8.71. The van der Waals surface area contributed by atoms with Gasteiger partial charge in [0.25, 0.3) is 5.91 Å². The Hall–Kier alpha value is -1.81. The number of hydrogen-bond donors (Lipinski definition) is 2. The van der Waals surface area contributed by atoms with E-state index >= 15 is 0 Å². The standard InChI is InChI=1S/C19H19F3IN3O/c1-11-4-5-12(8-14(11)23)18(27)24-15-9-13(19(20,21)22)6-7-16(15)26-10-17(26)25(2)3/h4-9,17H,10H2,1-3H3,(H,24,27)/p+1. The highest BCUT2D eigenvalue weighted by atomic mass is 127. The number of anilines is 2. The highest BCUT2D eigenvalue weighted by molar-refractivity contribution is 14.1. The minimum Gasteiger partial charge on any atom is -0.320 e. The highest BCUT2D eigenvalue weighted by Gasteiger charge is 2.42. The fraction of sp³-hybridized carbons (Fsp3) is 0.316. The van der Waals surface area contributed by atoms with E-state index in [1.54, 1.807) is 12.1 Å². The number of alkyl halides is 3. The molecule has 1 fully saturated rings. The maximum absolute atomic E-state index is 13.1. The molecule has 0 radical (unpaired) electrons. The molecule has 1 amide bonds. The quantitative estimate of drug-likeness (QED) is 0.511. The van der Waals surface area contributed by atoms with E-state index in [1.807, 2.05) is 32.0 Å². The number of carbonyl (C=O) groups excluding carboxylic acids is 1. The number of likely N-dealkylation sites (N-methyl/N-ethyl adjacent to an activating group) is 1. The van der Waals surface area contributed by atoms with Gasteiger partial charge in [-0.05, 0) is 65.4 Å². The fourth-order valence-electron chi connectivity index (χ4n) is 2.89. The van der Waals surface area contributed by atoms with Crippen molar-refractivity contribution in [2.75, 3.05) is 30.9 Å². The lowest BCUT2D eigenvalue weighted by Crippen LogP contribution is -3.08. The van der Waals surface area contributed by atoms with E-state index in [0.29, 0.717) is 11.3 Å². The van der Waals surface area contributed by atoms with Crippen LogP contribution in [0, 0.1) is 10.5 Å². The highest BCUT2D eigenvalue weighted by Crippen LogP contribution is 2.38. The van der Waals surface area contributed by atoms with Crippen molar-refractivity contribution in [3.63, 3.8) is 0 Å². The molecular weight excluding hydrogens is 470 g/mol. The molecule has 8 heteroatoms. The molecule has 1 aliphatic rings. The molecule has 0 aromatic heterocycles. The van der Waals surface area contributed by atoms with Gasteiger partial charge in [0, 0.05) is 9.13 Å². The Morgan fingerprint density at radius 3 is 2.48 bits per heavy atom. The van der Waals surface area contributed by atoms with Crippen LogP contribution in [0.1, 0.15) is 21.5 Å². The molecule has 0 aliphatic carbocycles. The van der Waals surface area contributed by atoms with Crippen molar-refractivity contribution in [3.05, 3.63) is 56.7 Å². The maximum Gasteiger partial charge on any atom is 0.416 e. The minimum atomic E-state index is -4.47. The summed E-state index contributed by atoms with van der Waals surface area (Å²) in [5, 5.41) is 2.67. The Labute approximate surface area is 169 Å². The van der Waals surface area contributed by atoms with E-state index in [2.05, 4.69) is 27.9 Å². The van der Waals surface area contributed by atoms with Gasteiger partial charge in [-0.2, -0.15) is 13.2 Å². The number of benzene rings is 2. The molecule has 1 saturated heterocycles. The predicted molar refractivity (Wildman–Crippen MR) is 107 cm³/mol. The maximum atomic E-state index is 13.1. The van der Waals surface area contributed by atoms with Crippen LogP contribution >= 0.6 is 22.6 Å². The first-order valence-electron chi connectivity index (χ1n) is 8.43. The van der Waals surface area contributed by atoms with E-state index in [9.17, 15) is 18.0 Å². The summed E-state index contributed by atoms with van der Waals surface area (Å²) in [6.45, 7) is 2.66. The molecule has 1 atom stereocenters. The first-order valence-corrected chi connectivity index (χ1v) is 9.51. The zero-order chi connectivity index (χ0) is 19.9. The van der Waals surface area contributed by atoms with E-state index in [0.717, 1.165) is 27.8 Å². The van der Waals surface area contributed by atoms with E-state index < -0.39 is 17.6 Å². The summed E-state index contributed by atoms with van der Waals surface area (Å²) in [6.07, 6.45) is -4.28. The second kappa shape index (κ2) is 7.31. The van der Waals surface area contributed by atoms with Crippen molar-refractivity contribution >= 4 is 39.9 Å². The number of amides is 1. The molecule has 0 bridgehead atoms. The Morgan fingerprint density at radius 1 is 1.22 bits per heavy atom. The second-order valence-corrected chi connectivity index (χ2v) is 8.06. The number of aryl methyl sites for hydroxylation is 1. The van der Waals surface area contributed by atoms with Crippen LogP contribution in [0.15, 0.2) is 36.4 Å². The van der Waals surface area contributed by atoms with Gasteiger partial charge < -0.3 is 15.1 Å². The van der Waals surface area contributed by atoms with Crippen LogP contribution < -0.4 is 15.1 Å². The molecule has 2 aromatic rings. The van der Waals surface area contributed by atoms with Gasteiger partial charge in [0.2, 0.25) is 0 Å². The Balaban J connectivity index is 1.93. The Kier molecular flexibility index (Phi) is 5.40. The number of carbonyl (C=O) groups is 1. The van der Waals surface area contributed by atoms with Gasteiger partial charge in [0.15, 0.2) is 6.17 Å². The molecule has 27 heavy (non-hydrogen) atoms. The third-order valence-electron chi connectivity index (χ3n) is 4.59. The van der Waals surface area contributed by atoms with Gasteiger partial charge in [-0.1, -0.05) is 6.07 Å². The molecule has 1 heterocycles. The number of halogens is 4. The first kappa shape index (κ1) is 19.9. The van der Waals surface area contributed by atoms with Crippen molar-refractivity contribution in [2.24, 2.45) is 0 Å². The normalized spacial score (nSPS) is 16.6. The van der Waals surface area contributed by atoms with Gasteiger partial charge in [0.05, 0.1) is 37.6 Å². The number of hydrogen-bond acceptors (Lipinski definition) is 2. The van der Waals surface area contributed by atoms with Gasteiger partial charge in [-0.15, -0.1) is 0 Å². The van der Waals surface area contributed by atoms with E-state index in [-0.39, 0.29) is 11.9 Å². The molecule has 0 spiro atoms. The summed E-state index contributed by atoms with van der Waals surface area (Å²) < 4.78 is 40.4. The largest absolute Gasteiger partial charge is 0.416 e. The third kappa shape index (κ3) is 4.37. The van der Waals surface area contributed by atoms with Crippen LogP contribution in [0.3, 0.4) is 0 Å². The lowest BCUT2D eigenvalue weighted by atomic mass is 10.1. The minimum absolute atomic E-state index is 0.175. The van der Waals surface area contributed by atoms with Gasteiger partial charge >= 0.3 is 6.18 Å². The smallest absolute Gasteiger partial charge is 0.320 e. The zero-order valence-electron chi connectivity index (χ0n) is 15.1. The summed E-state index contributed by atoms with van der Waals surface area (Å²) in [5.74, 6) is -0.427. The average Bonchev–Trinajstić information content (AvgIpc) is 3.37. The first-order chi connectivity index (χ1) is 12.6. The SMILES string of the molecule is Cc1ccc(C(=O)Nc2cc(C(F)(F)F)ccc2N2CC2[NH+](C)C)cc1I. The molecule has 2 N–H and O–H groups in total. The average molecular weight is 490 g/mol. The van der Waals surface area contributed by atoms with Crippen molar-refractivity contribution in [2.45, 2.75) is 19.3 Å². The van der Waals surface area contributed by atoms with E-state index in [1.165, 1.54) is 11.0 Å². The predicted octanol–water partition coefficient (Wildman–Crippen LogP) is 3.16. The van der Waals surface area contributed by atoms with Crippen LogP contribution in [0.4, 0.5) is 24.5 Å². The molecular formula is C19H20F3IN3O+. The summed E-state index contributed by atoms with van der Waals surface area (Å²) in [4.78, 5) is 15.8. The molecule has 144 valence electrons. The van der Waals surface area contributed by atoms with Crippen LogP contribution in [0.2, 0.25) is 0 Å². The summed E-state index contributed by atoms with van der Waals surface area (Å²) >= 11 is 2.13. The molecule has 3 rings (SSSR count). The number of rotatable bonds is 4. The molecule has 1 unspecified atom stereocenters. The number of nitrogens with one attached hydrogen (secondary N) is 2. The summed E-state index contributed by atoms with van der Waals surface area (Å²) in [7, 11) is 3.97. The molecule has 2 aromatic carbocycles. The van der Waals surface area contributed by atoms with Crippen molar-refractivity contribution in [1.29, 1.82) is 0 Å². The van der Waals surface area contributed by atoms with Gasteiger partial charge in [-0.3, -0.25) is 4.79 Å². The zero-order valence-corrected chi connectivity index (χ0v) is 17.3. The molecule has 4 nitrogen and oxygen atoms in total. The summed E-state index contributed by atoms with van der Waals surface area (Å²) in [5.41, 5.74) is 1.44. The third-order valence-corrected chi connectivity index (χ3v) is 5.76. The van der Waals surface area contributed by atoms with Crippen LogP contribution in [-0.2, 0) is 6.18 Å². The Morgan fingerprint density at radius 2 is 1.93 bits per heavy atom. The van der Waals surface area contributed by atoms with Gasteiger partial charge in [-0.25, -0.2) is 0 Å². The molecule has 1 aliphatic heterocycles. The monoisotopic (exact) mass is 490 g/mol. The van der Waals surface area contributed by atoms with E-state index in [4.69, 9.17) is 0 Å². The van der Waals surface area contributed by atoms with Crippen molar-refractivity contribution in [3.8, 4) is 0 Å². The van der Waals surface area contributed by atoms with Crippen LogP contribution in [0.5, 0.6) is 0 Å². The van der Waals surface area contributed by atoms with Crippen LogP contribution in [0.25, 0.3) is 0 Å². The number of quaternary nitrogens is 1. The van der Waals surface area contributed by atoms with Crippen LogP contribution in [-0.4, -0.2) is 32.7 Å². The lowest BCUT2D eigenvalue weighted by molar-refractivity contribution is -0.868. The van der Waals surface area contributed by atoms with Crippen molar-refractivity contribution in [1.82, 2.24) is 0 Å². The fourth-order valence-corrected chi connectivity index (χ4v) is 3.41.